The quantitative estimate of drug-likeness (QED) is 0.845. The van der Waals surface area contributed by atoms with Crippen molar-refractivity contribution in [1.29, 1.82) is 0 Å². The van der Waals surface area contributed by atoms with Gasteiger partial charge in [0.05, 0.1) is 26.5 Å². The zero-order chi connectivity index (χ0) is 14.5. The highest BCUT2D eigenvalue weighted by Gasteiger charge is 2.12. The summed E-state index contributed by atoms with van der Waals surface area (Å²) in [5.74, 6) is 0.0764. The highest BCUT2D eigenvalue weighted by atomic mass is 35.5. The van der Waals surface area contributed by atoms with E-state index < -0.39 is 0 Å². The first-order valence-electron chi connectivity index (χ1n) is 5.86. The summed E-state index contributed by atoms with van der Waals surface area (Å²) in [5, 5.41) is 4.43. The topological polar surface area (TPSA) is 42.0 Å². The maximum absolute atomic E-state index is 11.9. The van der Waals surface area contributed by atoms with E-state index >= 15 is 0 Å². The van der Waals surface area contributed by atoms with Crippen LogP contribution in [0.5, 0.6) is 0 Å². The Labute approximate surface area is 131 Å². The van der Waals surface area contributed by atoms with Gasteiger partial charge in [0.25, 0.3) is 0 Å². The van der Waals surface area contributed by atoms with Crippen LogP contribution in [0.15, 0.2) is 41.6 Å². The average molecular weight is 327 g/mol. The van der Waals surface area contributed by atoms with Crippen LogP contribution in [0.1, 0.15) is 5.56 Å². The van der Waals surface area contributed by atoms with Crippen molar-refractivity contribution < 1.29 is 4.79 Å². The lowest BCUT2D eigenvalue weighted by molar-refractivity contribution is -0.113. The molecule has 6 heteroatoms. The minimum Gasteiger partial charge on any atom is -0.323 e. The van der Waals surface area contributed by atoms with Gasteiger partial charge in [-0.25, -0.2) is 4.98 Å². The Kier molecular flexibility index (Phi) is 5.29. The highest BCUT2D eigenvalue weighted by Crippen LogP contribution is 2.33. The van der Waals surface area contributed by atoms with E-state index in [2.05, 4.69) is 10.3 Å². The summed E-state index contributed by atoms with van der Waals surface area (Å²) in [6.07, 6.45) is 1.69. The van der Waals surface area contributed by atoms with Crippen molar-refractivity contribution in [3.63, 3.8) is 0 Å². The fraction of sp³-hybridized carbons (Fsp3) is 0.143. The largest absolute Gasteiger partial charge is 0.323 e. The van der Waals surface area contributed by atoms with Gasteiger partial charge in [-0.2, -0.15) is 0 Å². The summed E-state index contributed by atoms with van der Waals surface area (Å²) in [6, 6.07) is 9.08. The summed E-state index contributed by atoms with van der Waals surface area (Å²) >= 11 is 13.5. The van der Waals surface area contributed by atoms with Gasteiger partial charge >= 0.3 is 0 Å². The lowest BCUT2D eigenvalue weighted by Gasteiger charge is -2.10. The number of halogens is 2. The average Bonchev–Trinajstić information content (AvgIpc) is 2.46. The van der Waals surface area contributed by atoms with Crippen molar-refractivity contribution >= 4 is 46.6 Å². The molecule has 1 N–H and O–H groups in total. The zero-order valence-electron chi connectivity index (χ0n) is 10.7. The SMILES string of the molecule is Cc1ccc(Cl)c(NC(=O)CSc2ccccn2)c1Cl. The van der Waals surface area contributed by atoms with Crippen LogP contribution in [0.3, 0.4) is 0 Å². The number of hydrogen-bond acceptors (Lipinski definition) is 3. The second-order valence-electron chi connectivity index (χ2n) is 4.06. The van der Waals surface area contributed by atoms with Crippen LogP contribution in [-0.2, 0) is 4.79 Å². The van der Waals surface area contributed by atoms with Crippen molar-refractivity contribution in [2.45, 2.75) is 11.9 Å². The molecule has 0 aliphatic heterocycles. The fourth-order valence-electron chi connectivity index (χ4n) is 1.52. The maximum Gasteiger partial charge on any atom is 0.234 e. The molecular weight excluding hydrogens is 315 g/mol. The Bertz CT molecular complexity index is 620. The van der Waals surface area contributed by atoms with Gasteiger partial charge in [0.15, 0.2) is 0 Å². The van der Waals surface area contributed by atoms with Gasteiger partial charge in [-0.15, -0.1) is 0 Å². The number of anilines is 1. The van der Waals surface area contributed by atoms with E-state index in [1.54, 1.807) is 12.3 Å². The van der Waals surface area contributed by atoms with Crippen LogP contribution in [0.4, 0.5) is 5.69 Å². The van der Waals surface area contributed by atoms with E-state index in [0.717, 1.165) is 10.6 Å². The molecule has 2 rings (SSSR count). The van der Waals surface area contributed by atoms with Crippen LogP contribution in [0.2, 0.25) is 10.0 Å². The molecule has 0 unspecified atom stereocenters. The molecule has 20 heavy (non-hydrogen) atoms. The van der Waals surface area contributed by atoms with Gasteiger partial charge in [0.2, 0.25) is 5.91 Å². The molecule has 0 bridgehead atoms. The smallest absolute Gasteiger partial charge is 0.234 e. The molecule has 0 radical (unpaired) electrons. The summed E-state index contributed by atoms with van der Waals surface area (Å²) in [7, 11) is 0. The predicted molar refractivity (Wildman–Crippen MR) is 84.8 cm³/mol. The first kappa shape index (κ1) is 15.2. The molecule has 1 amide bonds. The van der Waals surface area contributed by atoms with Gasteiger partial charge in [-0.05, 0) is 30.7 Å². The number of aromatic nitrogens is 1. The second kappa shape index (κ2) is 6.97. The number of benzene rings is 1. The number of hydrogen-bond donors (Lipinski definition) is 1. The molecule has 0 aliphatic rings. The van der Waals surface area contributed by atoms with Crippen LogP contribution < -0.4 is 5.32 Å². The van der Waals surface area contributed by atoms with E-state index in [-0.39, 0.29) is 11.7 Å². The minimum atomic E-state index is -0.171. The Morgan fingerprint density at radius 1 is 1.30 bits per heavy atom. The third-order valence-electron chi connectivity index (χ3n) is 2.54. The number of carbonyl (C=O) groups excluding carboxylic acids is 1. The van der Waals surface area contributed by atoms with Crippen LogP contribution >= 0.6 is 35.0 Å². The lowest BCUT2D eigenvalue weighted by Crippen LogP contribution is -2.15. The molecule has 3 nitrogen and oxygen atoms in total. The number of nitrogens with zero attached hydrogens (tertiary/aromatic N) is 1. The van der Waals surface area contributed by atoms with Crippen LogP contribution in [0, 0.1) is 6.92 Å². The number of pyridine rings is 1. The number of thioether (sulfide) groups is 1. The van der Waals surface area contributed by atoms with Crippen LogP contribution in [-0.4, -0.2) is 16.6 Å². The normalized spacial score (nSPS) is 10.3. The summed E-state index contributed by atoms with van der Waals surface area (Å²) in [6.45, 7) is 1.86. The van der Waals surface area contributed by atoms with Crippen molar-refractivity contribution in [2.24, 2.45) is 0 Å². The Hall–Kier alpha value is -1.23. The van der Waals surface area contributed by atoms with Gasteiger partial charge in [-0.3, -0.25) is 4.79 Å². The van der Waals surface area contributed by atoms with Crippen molar-refractivity contribution in [3.05, 3.63) is 52.1 Å². The molecule has 1 heterocycles. The van der Waals surface area contributed by atoms with Gasteiger partial charge in [0.1, 0.15) is 0 Å². The molecule has 104 valence electrons. The third kappa shape index (κ3) is 3.88. The van der Waals surface area contributed by atoms with Gasteiger partial charge < -0.3 is 5.32 Å². The van der Waals surface area contributed by atoms with Crippen molar-refractivity contribution in [1.82, 2.24) is 4.98 Å². The highest BCUT2D eigenvalue weighted by molar-refractivity contribution is 7.99. The van der Waals surface area contributed by atoms with Crippen molar-refractivity contribution in [3.8, 4) is 0 Å². The lowest BCUT2D eigenvalue weighted by atomic mass is 10.2. The van der Waals surface area contributed by atoms with E-state index in [1.807, 2.05) is 31.2 Å². The minimum absolute atomic E-state index is 0.171. The first-order chi connectivity index (χ1) is 9.58. The van der Waals surface area contributed by atoms with E-state index in [4.69, 9.17) is 23.2 Å². The fourth-order valence-corrected chi connectivity index (χ4v) is 2.65. The molecule has 0 spiro atoms. The summed E-state index contributed by atoms with van der Waals surface area (Å²) in [5.41, 5.74) is 1.32. The number of amides is 1. The molecule has 0 saturated carbocycles. The Morgan fingerprint density at radius 3 is 2.80 bits per heavy atom. The monoisotopic (exact) mass is 326 g/mol. The molecule has 1 aromatic carbocycles. The van der Waals surface area contributed by atoms with E-state index in [1.165, 1.54) is 11.8 Å². The number of nitrogens with one attached hydrogen (secondary N) is 1. The molecule has 0 fully saturated rings. The van der Waals surface area contributed by atoms with Crippen molar-refractivity contribution in [2.75, 3.05) is 11.1 Å². The summed E-state index contributed by atoms with van der Waals surface area (Å²) < 4.78 is 0. The first-order valence-corrected chi connectivity index (χ1v) is 7.60. The molecule has 2 aromatic rings. The summed E-state index contributed by atoms with van der Waals surface area (Å²) in [4.78, 5) is 16.1. The zero-order valence-corrected chi connectivity index (χ0v) is 13.0. The molecule has 0 saturated heterocycles. The number of aryl methyl sites for hydroxylation is 1. The number of rotatable bonds is 4. The second-order valence-corrected chi connectivity index (χ2v) is 5.84. The van der Waals surface area contributed by atoms with Gasteiger partial charge in [0, 0.05) is 6.20 Å². The number of carbonyl (C=O) groups is 1. The van der Waals surface area contributed by atoms with E-state index in [9.17, 15) is 4.79 Å². The van der Waals surface area contributed by atoms with Gasteiger partial charge in [-0.1, -0.05) is 47.1 Å². The maximum atomic E-state index is 11.9. The standard InChI is InChI=1S/C14H12Cl2N2OS/c1-9-5-6-10(15)14(13(9)16)18-11(19)8-20-12-4-2-3-7-17-12/h2-7H,8H2,1H3,(H,18,19). The predicted octanol–water partition coefficient (Wildman–Crippen LogP) is 4.43. The van der Waals surface area contributed by atoms with Crippen LogP contribution in [0.25, 0.3) is 0 Å². The third-order valence-corrected chi connectivity index (χ3v) is 4.28. The molecule has 0 atom stereocenters. The molecular formula is C14H12Cl2N2OS. The Balaban J connectivity index is 2.00. The van der Waals surface area contributed by atoms with E-state index in [0.29, 0.717) is 15.7 Å². The molecule has 1 aromatic heterocycles. The Morgan fingerprint density at radius 2 is 2.10 bits per heavy atom. The molecule has 0 aliphatic carbocycles.